The molecular formula is C15H14Br2ClNO2. The molecule has 2 aromatic rings. The third-order valence-corrected chi connectivity index (χ3v) is 4.49. The van der Waals surface area contributed by atoms with E-state index >= 15 is 0 Å². The number of aryl methyl sites for hydroxylation is 2. The van der Waals surface area contributed by atoms with Crippen molar-refractivity contribution >= 4 is 43.5 Å². The minimum atomic E-state index is 0.351. The lowest BCUT2D eigenvalue weighted by molar-refractivity contribution is 0.408. The third-order valence-electron chi connectivity index (χ3n) is 2.98. The first-order chi connectivity index (χ1) is 9.96. The van der Waals surface area contributed by atoms with Crippen molar-refractivity contribution in [2.24, 2.45) is 0 Å². The molecule has 1 heterocycles. The molecule has 0 N–H and O–H groups in total. The minimum Gasteiger partial charge on any atom is -0.496 e. The second-order valence-electron chi connectivity index (χ2n) is 4.52. The van der Waals surface area contributed by atoms with Crippen LogP contribution in [0.25, 0.3) is 0 Å². The molecule has 112 valence electrons. The van der Waals surface area contributed by atoms with E-state index in [2.05, 4.69) is 36.8 Å². The Kier molecular flexibility index (Phi) is 5.52. The highest BCUT2D eigenvalue weighted by Crippen LogP contribution is 2.39. The largest absolute Gasteiger partial charge is 0.496 e. The van der Waals surface area contributed by atoms with Gasteiger partial charge < -0.3 is 9.47 Å². The number of alkyl halides is 1. The predicted octanol–water partition coefficient (Wildman–Crippen LogP) is 5.76. The normalized spacial score (nSPS) is 10.6. The Bertz CT molecular complexity index is 677. The van der Waals surface area contributed by atoms with Crippen LogP contribution in [0.15, 0.2) is 27.1 Å². The summed E-state index contributed by atoms with van der Waals surface area (Å²) >= 11 is 12.9. The minimum absolute atomic E-state index is 0.351. The van der Waals surface area contributed by atoms with Crippen LogP contribution < -0.4 is 9.47 Å². The molecule has 0 saturated heterocycles. The molecule has 0 atom stereocenters. The van der Waals surface area contributed by atoms with E-state index in [1.165, 1.54) is 0 Å². The molecule has 0 spiro atoms. The Morgan fingerprint density at radius 2 is 1.71 bits per heavy atom. The number of ether oxygens (including phenoxy) is 2. The first-order valence-corrected chi connectivity index (χ1v) is 8.32. The summed E-state index contributed by atoms with van der Waals surface area (Å²) in [6.07, 6.45) is 0. The number of aromatic nitrogens is 1. The van der Waals surface area contributed by atoms with Gasteiger partial charge in [0.1, 0.15) is 11.5 Å². The highest BCUT2D eigenvalue weighted by molar-refractivity contribution is 9.11. The molecule has 1 aromatic heterocycles. The van der Waals surface area contributed by atoms with Gasteiger partial charge in [-0.2, -0.15) is 0 Å². The van der Waals surface area contributed by atoms with Crippen LogP contribution in [0, 0.1) is 13.8 Å². The lowest BCUT2D eigenvalue weighted by atomic mass is 10.1. The molecule has 0 amide bonds. The standard InChI is InChI=1S/C15H14Br2ClNO2/c1-8-4-9(2)19-15(10(8)7-18)21-14-6-11(16)13(20-3)5-12(14)17/h4-6H,7H2,1-3H3. The van der Waals surface area contributed by atoms with Crippen LogP contribution in [-0.4, -0.2) is 12.1 Å². The van der Waals surface area contributed by atoms with E-state index in [9.17, 15) is 0 Å². The van der Waals surface area contributed by atoms with Gasteiger partial charge in [-0.15, -0.1) is 11.6 Å². The summed E-state index contributed by atoms with van der Waals surface area (Å²) in [7, 11) is 1.62. The van der Waals surface area contributed by atoms with E-state index in [4.69, 9.17) is 21.1 Å². The predicted molar refractivity (Wildman–Crippen MR) is 91.7 cm³/mol. The van der Waals surface area contributed by atoms with Gasteiger partial charge in [-0.05, 0) is 69.5 Å². The lowest BCUT2D eigenvalue weighted by Gasteiger charge is -2.14. The zero-order valence-electron chi connectivity index (χ0n) is 11.8. The Morgan fingerprint density at radius 1 is 1.10 bits per heavy atom. The monoisotopic (exact) mass is 433 g/mol. The van der Waals surface area contributed by atoms with Gasteiger partial charge in [0.05, 0.1) is 21.9 Å². The molecule has 21 heavy (non-hydrogen) atoms. The summed E-state index contributed by atoms with van der Waals surface area (Å²) in [5, 5.41) is 0. The third kappa shape index (κ3) is 3.71. The second kappa shape index (κ2) is 6.99. The molecule has 3 nitrogen and oxygen atoms in total. The van der Waals surface area contributed by atoms with Gasteiger partial charge in [-0.25, -0.2) is 4.98 Å². The highest BCUT2D eigenvalue weighted by Gasteiger charge is 2.14. The van der Waals surface area contributed by atoms with E-state index in [0.717, 1.165) is 31.5 Å². The Labute approximate surface area is 145 Å². The number of hydrogen-bond acceptors (Lipinski definition) is 3. The molecule has 0 fully saturated rings. The number of halogens is 3. The number of nitrogens with zero attached hydrogens (tertiary/aromatic N) is 1. The number of hydrogen-bond donors (Lipinski definition) is 0. The maximum Gasteiger partial charge on any atom is 0.224 e. The van der Waals surface area contributed by atoms with Gasteiger partial charge >= 0.3 is 0 Å². The smallest absolute Gasteiger partial charge is 0.224 e. The van der Waals surface area contributed by atoms with E-state index in [-0.39, 0.29) is 0 Å². The van der Waals surface area contributed by atoms with Crippen molar-refractivity contribution in [3.05, 3.63) is 44.0 Å². The molecule has 0 unspecified atom stereocenters. The van der Waals surface area contributed by atoms with Crippen molar-refractivity contribution in [2.75, 3.05) is 7.11 Å². The van der Waals surface area contributed by atoms with Crippen molar-refractivity contribution < 1.29 is 9.47 Å². The summed E-state index contributed by atoms with van der Waals surface area (Å²) in [5.41, 5.74) is 2.84. The summed E-state index contributed by atoms with van der Waals surface area (Å²) in [4.78, 5) is 4.44. The zero-order chi connectivity index (χ0) is 15.6. The zero-order valence-corrected chi connectivity index (χ0v) is 15.8. The fourth-order valence-electron chi connectivity index (χ4n) is 1.93. The van der Waals surface area contributed by atoms with Gasteiger partial charge in [-0.1, -0.05) is 0 Å². The second-order valence-corrected chi connectivity index (χ2v) is 6.49. The molecule has 0 aliphatic carbocycles. The summed E-state index contributed by atoms with van der Waals surface area (Å²) < 4.78 is 12.8. The van der Waals surface area contributed by atoms with Gasteiger partial charge in [0.2, 0.25) is 5.88 Å². The Balaban J connectivity index is 2.45. The van der Waals surface area contributed by atoms with Crippen LogP contribution in [-0.2, 0) is 5.88 Å². The number of benzene rings is 1. The molecule has 0 aliphatic rings. The van der Waals surface area contributed by atoms with Crippen molar-refractivity contribution in [3.8, 4) is 17.4 Å². The van der Waals surface area contributed by atoms with Gasteiger partial charge in [-0.3, -0.25) is 0 Å². The van der Waals surface area contributed by atoms with Crippen LogP contribution in [0.1, 0.15) is 16.8 Å². The lowest BCUT2D eigenvalue weighted by Crippen LogP contribution is -1.99. The van der Waals surface area contributed by atoms with Crippen molar-refractivity contribution in [1.82, 2.24) is 4.98 Å². The number of pyridine rings is 1. The van der Waals surface area contributed by atoms with Crippen molar-refractivity contribution in [2.45, 2.75) is 19.7 Å². The van der Waals surface area contributed by atoms with Crippen molar-refractivity contribution in [1.29, 1.82) is 0 Å². The molecule has 6 heteroatoms. The maximum absolute atomic E-state index is 6.01. The van der Waals surface area contributed by atoms with Gasteiger partial charge in [0.15, 0.2) is 0 Å². The molecule has 2 rings (SSSR count). The molecular weight excluding hydrogens is 421 g/mol. The molecule has 0 saturated carbocycles. The summed E-state index contributed by atoms with van der Waals surface area (Å²) in [6, 6.07) is 5.66. The Hall–Kier alpha value is -0.780. The highest BCUT2D eigenvalue weighted by atomic mass is 79.9. The van der Waals surface area contributed by atoms with Crippen LogP contribution >= 0.6 is 43.5 Å². The van der Waals surface area contributed by atoms with Gasteiger partial charge in [0, 0.05) is 11.3 Å². The fraction of sp³-hybridized carbons (Fsp3) is 0.267. The topological polar surface area (TPSA) is 31.4 Å². The van der Waals surface area contributed by atoms with Crippen LogP contribution in [0.2, 0.25) is 0 Å². The maximum atomic E-state index is 6.01. The number of rotatable bonds is 4. The Morgan fingerprint density at radius 3 is 2.33 bits per heavy atom. The van der Waals surface area contributed by atoms with Gasteiger partial charge in [0.25, 0.3) is 0 Å². The summed E-state index contributed by atoms with van der Waals surface area (Å²) in [6.45, 7) is 3.93. The molecule has 0 aliphatic heterocycles. The number of methoxy groups -OCH3 is 1. The average Bonchev–Trinajstić information content (AvgIpc) is 2.42. The fourth-order valence-corrected chi connectivity index (χ4v) is 3.14. The van der Waals surface area contributed by atoms with E-state index in [1.807, 2.05) is 32.0 Å². The quantitative estimate of drug-likeness (QED) is 0.572. The average molecular weight is 436 g/mol. The molecule has 0 bridgehead atoms. The molecule has 0 radical (unpaired) electrons. The SMILES string of the molecule is COc1cc(Br)c(Oc2nc(C)cc(C)c2CCl)cc1Br. The molecule has 1 aromatic carbocycles. The van der Waals surface area contributed by atoms with E-state index in [0.29, 0.717) is 17.5 Å². The summed E-state index contributed by atoms with van der Waals surface area (Å²) in [5.74, 6) is 2.25. The van der Waals surface area contributed by atoms with E-state index in [1.54, 1.807) is 7.11 Å². The van der Waals surface area contributed by atoms with Crippen LogP contribution in [0.3, 0.4) is 0 Å². The van der Waals surface area contributed by atoms with Crippen LogP contribution in [0.4, 0.5) is 0 Å². The first kappa shape index (κ1) is 16.6. The van der Waals surface area contributed by atoms with Crippen LogP contribution in [0.5, 0.6) is 17.4 Å². The van der Waals surface area contributed by atoms with Crippen molar-refractivity contribution in [3.63, 3.8) is 0 Å². The van der Waals surface area contributed by atoms with E-state index < -0.39 is 0 Å². The first-order valence-electron chi connectivity index (χ1n) is 6.20.